The minimum atomic E-state index is -1.31. The summed E-state index contributed by atoms with van der Waals surface area (Å²) in [6, 6.07) is 12.2. The number of hydrogen-bond donors (Lipinski definition) is 0. The van der Waals surface area contributed by atoms with Gasteiger partial charge in [0.2, 0.25) is 0 Å². The fraction of sp³-hybridized carbons (Fsp3) is 0.500. The Morgan fingerprint density at radius 1 is 1.05 bits per heavy atom. The van der Waals surface area contributed by atoms with Crippen molar-refractivity contribution in [1.29, 1.82) is 0 Å². The van der Waals surface area contributed by atoms with Gasteiger partial charge in [-0.2, -0.15) is 0 Å². The molecule has 106 valence electrons. The zero-order valence-electron chi connectivity index (χ0n) is 13.2. The predicted octanol–water partition coefficient (Wildman–Crippen LogP) is 5.15. The molecule has 0 heterocycles. The standard InChI is InChI=1S/C16H29NSi2/c1-7-19(5,6)15-11-14-17(18(2,3)4)16-12-9-8-10-13-16/h7-10,12-13H,1,11,14-15H2,2-6H3. The summed E-state index contributed by atoms with van der Waals surface area (Å²) in [6.45, 7) is 17.3. The van der Waals surface area contributed by atoms with Crippen LogP contribution >= 0.6 is 0 Å². The molecule has 0 aliphatic heterocycles. The molecule has 0 spiro atoms. The maximum atomic E-state index is 3.99. The predicted molar refractivity (Wildman–Crippen MR) is 94.2 cm³/mol. The first-order valence-electron chi connectivity index (χ1n) is 7.22. The molecule has 0 aromatic heterocycles. The van der Waals surface area contributed by atoms with Gasteiger partial charge in [0.15, 0.2) is 0 Å². The lowest BCUT2D eigenvalue weighted by atomic mass is 10.3. The SMILES string of the molecule is C=C[Si](C)(C)CCCN(c1ccccc1)[Si](C)(C)C. The van der Waals surface area contributed by atoms with Crippen LogP contribution < -0.4 is 4.57 Å². The molecule has 0 aliphatic carbocycles. The van der Waals surface area contributed by atoms with Crippen molar-refractivity contribution in [3.05, 3.63) is 42.6 Å². The van der Waals surface area contributed by atoms with E-state index in [2.05, 4.69) is 79.9 Å². The summed E-state index contributed by atoms with van der Waals surface area (Å²) >= 11 is 0. The molecule has 0 amide bonds. The molecule has 19 heavy (non-hydrogen) atoms. The Morgan fingerprint density at radius 3 is 2.11 bits per heavy atom. The van der Waals surface area contributed by atoms with Crippen molar-refractivity contribution in [2.24, 2.45) is 0 Å². The van der Waals surface area contributed by atoms with E-state index in [0.717, 1.165) is 0 Å². The quantitative estimate of drug-likeness (QED) is 0.628. The van der Waals surface area contributed by atoms with Crippen LogP contribution in [0.2, 0.25) is 38.8 Å². The number of para-hydroxylation sites is 1. The molecule has 1 aromatic carbocycles. The normalized spacial score (nSPS) is 12.3. The van der Waals surface area contributed by atoms with Crippen molar-refractivity contribution in [1.82, 2.24) is 0 Å². The Labute approximate surface area is 121 Å². The third-order valence-electron chi connectivity index (χ3n) is 3.63. The van der Waals surface area contributed by atoms with Crippen molar-refractivity contribution >= 4 is 22.0 Å². The fourth-order valence-corrected chi connectivity index (χ4v) is 5.28. The molecule has 3 heteroatoms. The molecule has 0 atom stereocenters. The first-order valence-corrected chi connectivity index (χ1v) is 14.0. The van der Waals surface area contributed by atoms with Gasteiger partial charge < -0.3 is 4.57 Å². The van der Waals surface area contributed by atoms with E-state index in [1.165, 1.54) is 24.7 Å². The highest BCUT2D eigenvalue weighted by molar-refractivity contribution is 6.82. The molecular formula is C16H29NSi2. The Balaban J connectivity index is 2.71. The maximum Gasteiger partial charge on any atom is 0.147 e. The summed E-state index contributed by atoms with van der Waals surface area (Å²) in [5.41, 5.74) is 3.61. The van der Waals surface area contributed by atoms with Crippen LogP contribution in [0.4, 0.5) is 5.69 Å². The summed E-state index contributed by atoms with van der Waals surface area (Å²) in [6.07, 6.45) is 1.28. The van der Waals surface area contributed by atoms with Crippen LogP contribution in [-0.4, -0.2) is 22.9 Å². The van der Waals surface area contributed by atoms with Crippen molar-refractivity contribution in [3.8, 4) is 0 Å². The molecule has 1 nitrogen and oxygen atoms in total. The first-order chi connectivity index (χ1) is 8.76. The van der Waals surface area contributed by atoms with Crippen LogP contribution in [0.1, 0.15) is 6.42 Å². The zero-order valence-corrected chi connectivity index (χ0v) is 15.2. The van der Waals surface area contributed by atoms with Gasteiger partial charge in [0.1, 0.15) is 8.24 Å². The second kappa shape index (κ2) is 6.57. The lowest BCUT2D eigenvalue weighted by Crippen LogP contribution is -2.47. The van der Waals surface area contributed by atoms with E-state index < -0.39 is 16.3 Å². The number of nitrogens with zero attached hydrogens (tertiary/aromatic N) is 1. The second-order valence-corrected chi connectivity index (χ2v) is 16.7. The Morgan fingerprint density at radius 2 is 1.63 bits per heavy atom. The number of hydrogen-bond acceptors (Lipinski definition) is 1. The van der Waals surface area contributed by atoms with Crippen molar-refractivity contribution in [2.75, 3.05) is 11.1 Å². The average molecular weight is 292 g/mol. The van der Waals surface area contributed by atoms with Gasteiger partial charge in [0, 0.05) is 12.2 Å². The van der Waals surface area contributed by atoms with E-state index in [4.69, 9.17) is 0 Å². The van der Waals surface area contributed by atoms with Crippen molar-refractivity contribution < 1.29 is 0 Å². The molecule has 0 unspecified atom stereocenters. The van der Waals surface area contributed by atoms with Crippen LogP contribution in [0.25, 0.3) is 0 Å². The number of anilines is 1. The van der Waals surface area contributed by atoms with Gasteiger partial charge in [-0.3, -0.25) is 0 Å². The minimum Gasteiger partial charge on any atom is -0.398 e. The zero-order chi connectivity index (χ0) is 14.5. The van der Waals surface area contributed by atoms with E-state index >= 15 is 0 Å². The van der Waals surface area contributed by atoms with Gasteiger partial charge in [-0.05, 0) is 18.6 Å². The molecule has 0 bridgehead atoms. The molecule has 0 saturated heterocycles. The van der Waals surface area contributed by atoms with Crippen LogP contribution in [0.5, 0.6) is 0 Å². The summed E-state index contributed by atoms with van der Waals surface area (Å²) in [5.74, 6) is 0. The minimum absolute atomic E-state index is 1.15. The third-order valence-corrected chi connectivity index (χ3v) is 8.48. The lowest BCUT2D eigenvalue weighted by molar-refractivity contribution is 0.888. The fourth-order valence-electron chi connectivity index (χ4n) is 2.25. The largest absolute Gasteiger partial charge is 0.398 e. The summed E-state index contributed by atoms with van der Waals surface area (Å²) < 4.78 is 2.65. The molecule has 1 aromatic rings. The van der Waals surface area contributed by atoms with Crippen LogP contribution in [-0.2, 0) is 0 Å². The van der Waals surface area contributed by atoms with Gasteiger partial charge in [-0.1, -0.05) is 57.0 Å². The maximum absolute atomic E-state index is 3.99. The van der Waals surface area contributed by atoms with Crippen molar-refractivity contribution in [2.45, 2.75) is 45.2 Å². The van der Waals surface area contributed by atoms with E-state index in [0.29, 0.717) is 0 Å². The van der Waals surface area contributed by atoms with Gasteiger partial charge >= 0.3 is 0 Å². The van der Waals surface area contributed by atoms with Crippen LogP contribution in [0.15, 0.2) is 42.6 Å². The molecule has 0 N–H and O–H groups in total. The molecule has 0 saturated carbocycles. The Bertz CT molecular complexity index is 393. The van der Waals surface area contributed by atoms with Gasteiger partial charge in [-0.15, -0.1) is 12.3 Å². The Kier molecular flexibility index (Phi) is 5.62. The topological polar surface area (TPSA) is 3.24 Å². The second-order valence-electron chi connectivity index (χ2n) is 6.95. The van der Waals surface area contributed by atoms with Gasteiger partial charge in [0.25, 0.3) is 0 Å². The molecule has 0 aliphatic rings. The third kappa shape index (κ3) is 5.37. The van der Waals surface area contributed by atoms with E-state index in [1.54, 1.807) is 0 Å². The smallest absolute Gasteiger partial charge is 0.147 e. The highest BCUT2D eigenvalue weighted by atomic mass is 28.3. The molecule has 1 rings (SSSR count). The van der Waals surface area contributed by atoms with Gasteiger partial charge in [0.05, 0.1) is 8.07 Å². The van der Waals surface area contributed by atoms with E-state index in [-0.39, 0.29) is 0 Å². The average Bonchev–Trinajstić information content (AvgIpc) is 2.34. The highest BCUT2D eigenvalue weighted by Crippen LogP contribution is 2.23. The molecular weight excluding hydrogens is 262 g/mol. The molecule has 0 radical (unpaired) electrons. The monoisotopic (exact) mass is 291 g/mol. The van der Waals surface area contributed by atoms with Crippen LogP contribution in [0.3, 0.4) is 0 Å². The summed E-state index contributed by atoms with van der Waals surface area (Å²) in [4.78, 5) is 0. The number of rotatable bonds is 7. The van der Waals surface area contributed by atoms with Crippen molar-refractivity contribution in [3.63, 3.8) is 0 Å². The molecule has 0 fully saturated rings. The van der Waals surface area contributed by atoms with Crippen LogP contribution in [0, 0.1) is 0 Å². The first kappa shape index (κ1) is 16.2. The number of benzene rings is 1. The van der Waals surface area contributed by atoms with E-state index in [9.17, 15) is 0 Å². The van der Waals surface area contributed by atoms with E-state index in [1.807, 2.05) is 0 Å². The Hall–Kier alpha value is -0.806. The summed E-state index contributed by atoms with van der Waals surface area (Å²) in [7, 11) is -2.46. The lowest BCUT2D eigenvalue weighted by Gasteiger charge is -2.37. The van der Waals surface area contributed by atoms with Gasteiger partial charge in [-0.25, -0.2) is 0 Å². The highest BCUT2D eigenvalue weighted by Gasteiger charge is 2.24. The summed E-state index contributed by atoms with van der Waals surface area (Å²) in [5, 5.41) is 0.